The Morgan fingerprint density at radius 2 is 2.43 bits per heavy atom. The zero-order valence-electron chi connectivity index (χ0n) is 7.40. The summed E-state index contributed by atoms with van der Waals surface area (Å²) in [7, 11) is 0. The van der Waals surface area contributed by atoms with Gasteiger partial charge in [0.1, 0.15) is 12.4 Å². The number of guanidine groups is 1. The average Bonchev–Trinajstić information content (AvgIpc) is 2.62. The Hall–Kier alpha value is -1.75. The van der Waals surface area contributed by atoms with Gasteiger partial charge in [0.15, 0.2) is 5.78 Å². The van der Waals surface area contributed by atoms with Crippen molar-refractivity contribution in [3.8, 4) is 0 Å². The number of carbonyl (C=O) groups is 1. The Balaban J connectivity index is 2.12. The highest BCUT2D eigenvalue weighted by Gasteiger charge is 2.26. The van der Waals surface area contributed by atoms with Crippen LogP contribution in [-0.4, -0.2) is 29.1 Å². The molecule has 3 rings (SSSR count). The molecule has 0 aromatic carbocycles. The fourth-order valence-corrected chi connectivity index (χ4v) is 1.62. The smallest absolute Gasteiger partial charge is 0.241 e. The number of Topliss-reactive ketones (excluding diaryl/α,β-unsaturated/α-hetero) is 1. The molecule has 1 aliphatic carbocycles. The molecule has 14 heavy (non-hydrogen) atoms. The van der Waals surface area contributed by atoms with Gasteiger partial charge < -0.3 is 0 Å². The summed E-state index contributed by atoms with van der Waals surface area (Å²) in [6.45, 7) is 0.522. The molecule has 0 radical (unpaired) electrons. The van der Waals surface area contributed by atoms with E-state index in [1.165, 1.54) is 0 Å². The molecule has 5 heteroatoms. The van der Waals surface area contributed by atoms with Gasteiger partial charge in [-0.2, -0.15) is 0 Å². The Morgan fingerprint density at radius 3 is 3.36 bits per heavy atom. The van der Waals surface area contributed by atoms with Gasteiger partial charge in [0.05, 0.1) is 0 Å². The number of allylic oxidation sites excluding steroid dienone is 3. The van der Waals surface area contributed by atoms with Crippen molar-refractivity contribution in [1.82, 2.24) is 10.4 Å². The van der Waals surface area contributed by atoms with Crippen molar-refractivity contribution in [3.05, 3.63) is 23.9 Å². The number of aliphatic imine (C=N–C) groups is 2. The van der Waals surface area contributed by atoms with E-state index in [9.17, 15) is 4.79 Å². The van der Waals surface area contributed by atoms with Crippen molar-refractivity contribution in [2.24, 2.45) is 9.98 Å². The largest absolute Gasteiger partial charge is 0.292 e. The monoisotopic (exact) mass is 188 g/mol. The maximum Gasteiger partial charge on any atom is 0.241 e. The first kappa shape index (κ1) is 7.64. The van der Waals surface area contributed by atoms with Gasteiger partial charge in [-0.15, -0.1) is 0 Å². The lowest BCUT2D eigenvalue weighted by Gasteiger charge is -2.21. The number of nitrogens with zero attached hydrogens (tertiary/aromatic N) is 3. The van der Waals surface area contributed by atoms with Gasteiger partial charge in [-0.1, -0.05) is 12.2 Å². The van der Waals surface area contributed by atoms with Crippen molar-refractivity contribution in [3.63, 3.8) is 0 Å². The van der Waals surface area contributed by atoms with Crippen LogP contribution in [0.1, 0.15) is 6.42 Å². The standard InChI is InChI=1S/C9H8N4O/c14-7-3-1-2-6-4-13-9(10-5-11-13)12-8(6)7/h1-2,4,11H,3,5H2. The summed E-state index contributed by atoms with van der Waals surface area (Å²) < 4.78 is 0. The number of carbonyl (C=O) groups excluding carboxylic acids is 1. The molecule has 0 saturated heterocycles. The second-order valence-electron chi connectivity index (χ2n) is 3.22. The zero-order valence-corrected chi connectivity index (χ0v) is 7.40. The summed E-state index contributed by atoms with van der Waals surface area (Å²) in [5.74, 6) is 0.639. The van der Waals surface area contributed by atoms with Crippen LogP contribution in [0.4, 0.5) is 0 Å². The van der Waals surface area contributed by atoms with Crippen molar-refractivity contribution >= 4 is 17.5 Å². The third-order valence-electron chi connectivity index (χ3n) is 2.30. The van der Waals surface area contributed by atoms with Crippen LogP contribution >= 0.6 is 0 Å². The van der Waals surface area contributed by atoms with Gasteiger partial charge in [0, 0.05) is 18.2 Å². The van der Waals surface area contributed by atoms with Crippen LogP contribution in [0.15, 0.2) is 33.9 Å². The number of ketones is 1. The molecule has 0 atom stereocenters. The van der Waals surface area contributed by atoms with E-state index >= 15 is 0 Å². The van der Waals surface area contributed by atoms with E-state index in [2.05, 4.69) is 15.4 Å². The molecule has 5 nitrogen and oxygen atoms in total. The molecule has 1 N–H and O–H groups in total. The lowest BCUT2D eigenvalue weighted by Crippen LogP contribution is -2.37. The topological polar surface area (TPSA) is 57.1 Å². The third-order valence-corrected chi connectivity index (χ3v) is 2.30. The lowest BCUT2D eigenvalue weighted by atomic mass is 9.98. The minimum atomic E-state index is 0.0630. The van der Waals surface area contributed by atoms with E-state index in [-0.39, 0.29) is 5.78 Å². The summed E-state index contributed by atoms with van der Waals surface area (Å²) in [4.78, 5) is 19.8. The molecule has 2 aliphatic heterocycles. The van der Waals surface area contributed by atoms with Crippen LogP contribution in [0.2, 0.25) is 0 Å². The molecule has 0 aromatic rings. The summed E-state index contributed by atoms with van der Waals surface area (Å²) in [6, 6.07) is 0. The molecule has 0 aromatic heterocycles. The van der Waals surface area contributed by atoms with Crippen LogP contribution in [0.25, 0.3) is 0 Å². The van der Waals surface area contributed by atoms with Crippen LogP contribution in [-0.2, 0) is 4.79 Å². The van der Waals surface area contributed by atoms with E-state index in [0.717, 1.165) is 5.57 Å². The Labute approximate surface area is 80.5 Å². The fraction of sp³-hybridized carbons (Fsp3) is 0.222. The first-order valence-electron chi connectivity index (χ1n) is 4.42. The second kappa shape index (κ2) is 2.62. The van der Waals surface area contributed by atoms with Gasteiger partial charge in [-0.25, -0.2) is 20.4 Å². The molecule has 0 bridgehead atoms. The van der Waals surface area contributed by atoms with E-state index in [4.69, 9.17) is 0 Å². The molecule has 0 saturated carbocycles. The van der Waals surface area contributed by atoms with E-state index < -0.39 is 0 Å². The van der Waals surface area contributed by atoms with Gasteiger partial charge in [-0.05, 0) is 0 Å². The van der Waals surface area contributed by atoms with E-state index in [0.29, 0.717) is 24.8 Å². The Kier molecular flexibility index (Phi) is 1.43. The predicted molar refractivity (Wildman–Crippen MR) is 51.6 cm³/mol. The lowest BCUT2D eigenvalue weighted by molar-refractivity contribution is -0.112. The quantitative estimate of drug-likeness (QED) is 0.581. The van der Waals surface area contributed by atoms with Crippen LogP contribution in [0, 0.1) is 0 Å². The highest BCUT2D eigenvalue weighted by molar-refractivity contribution is 6.49. The Bertz CT molecular complexity index is 430. The number of rotatable bonds is 0. The summed E-state index contributed by atoms with van der Waals surface area (Å²) in [5.41, 5.74) is 4.40. The third kappa shape index (κ3) is 0.958. The molecule has 3 aliphatic rings. The number of hydrogen-bond donors (Lipinski definition) is 1. The maximum absolute atomic E-state index is 11.5. The molecular weight excluding hydrogens is 180 g/mol. The van der Waals surface area contributed by atoms with E-state index in [1.807, 2.05) is 18.4 Å². The molecule has 0 amide bonds. The zero-order chi connectivity index (χ0) is 9.54. The maximum atomic E-state index is 11.5. The summed E-state index contributed by atoms with van der Waals surface area (Å²) in [6.07, 6.45) is 6.06. The normalized spacial score (nSPS) is 23.9. The van der Waals surface area contributed by atoms with Crippen molar-refractivity contribution < 1.29 is 4.79 Å². The molecule has 0 unspecified atom stereocenters. The van der Waals surface area contributed by atoms with Gasteiger partial charge in [0.25, 0.3) is 0 Å². The second-order valence-corrected chi connectivity index (χ2v) is 3.22. The van der Waals surface area contributed by atoms with Crippen LogP contribution in [0.3, 0.4) is 0 Å². The Morgan fingerprint density at radius 1 is 1.50 bits per heavy atom. The summed E-state index contributed by atoms with van der Waals surface area (Å²) >= 11 is 0. The first-order chi connectivity index (χ1) is 6.84. The highest BCUT2D eigenvalue weighted by Crippen LogP contribution is 2.18. The molecule has 0 fully saturated rings. The van der Waals surface area contributed by atoms with Crippen molar-refractivity contribution in [2.75, 3.05) is 6.67 Å². The number of hydrazine groups is 1. The first-order valence-corrected chi connectivity index (χ1v) is 4.42. The molecular formula is C9H8N4O. The number of hydrogen-bond acceptors (Lipinski definition) is 5. The summed E-state index contributed by atoms with van der Waals surface area (Å²) in [5, 5.41) is 1.74. The molecule has 70 valence electrons. The minimum Gasteiger partial charge on any atom is -0.292 e. The van der Waals surface area contributed by atoms with Crippen LogP contribution < -0.4 is 5.43 Å². The number of nitrogens with one attached hydrogen (secondary N) is 1. The molecule has 2 heterocycles. The predicted octanol–water partition coefficient (Wildman–Crippen LogP) is -0.0124. The fourth-order valence-electron chi connectivity index (χ4n) is 1.62. The van der Waals surface area contributed by atoms with Gasteiger partial charge in [0.2, 0.25) is 5.96 Å². The van der Waals surface area contributed by atoms with Crippen LogP contribution in [0.5, 0.6) is 0 Å². The SMILES string of the molecule is O=C1CC=CC2=CN3NCN=C3N=C12. The average molecular weight is 188 g/mol. The van der Waals surface area contributed by atoms with Gasteiger partial charge >= 0.3 is 0 Å². The van der Waals surface area contributed by atoms with Crippen molar-refractivity contribution in [1.29, 1.82) is 0 Å². The van der Waals surface area contributed by atoms with Crippen molar-refractivity contribution in [2.45, 2.75) is 6.42 Å². The minimum absolute atomic E-state index is 0.0630. The highest BCUT2D eigenvalue weighted by atomic mass is 16.1. The number of fused-ring (bicyclic) bond motifs is 2. The van der Waals surface area contributed by atoms with Gasteiger partial charge in [-0.3, -0.25) is 4.79 Å². The molecule has 0 spiro atoms. The van der Waals surface area contributed by atoms with E-state index in [1.54, 1.807) is 5.01 Å².